The average Bonchev–Trinajstić information content (AvgIpc) is 2.77. The highest BCUT2D eigenvalue weighted by molar-refractivity contribution is 5.61. The third-order valence-corrected chi connectivity index (χ3v) is 3.40. The Morgan fingerprint density at radius 3 is 3.00 bits per heavy atom. The summed E-state index contributed by atoms with van der Waals surface area (Å²) in [5.74, 6) is -0.0591. The number of hydrogen-bond donors (Lipinski definition) is 2. The lowest BCUT2D eigenvalue weighted by molar-refractivity contribution is 0.486. The van der Waals surface area contributed by atoms with Gasteiger partial charge in [0.05, 0.1) is 0 Å². The summed E-state index contributed by atoms with van der Waals surface area (Å²) in [7, 11) is 0. The fraction of sp³-hybridized carbons (Fsp3) is 0.455. The molecule has 3 rings (SSSR count). The van der Waals surface area contributed by atoms with Gasteiger partial charge in [0, 0.05) is 29.8 Å². The van der Waals surface area contributed by atoms with Crippen molar-refractivity contribution < 1.29 is 4.39 Å². The first kappa shape index (κ1) is 8.24. The van der Waals surface area contributed by atoms with Crippen LogP contribution in [0.3, 0.4) is 0 Å². The van der Waals surface area contributed by atoms with Crippen molar-refractivity contribution >= 4 is 5.69 Å². The minimum atomic E-state index is -0.0591. The lowest BCUT2D eigenvalue weighted by Gasteiger charge is -2.21. The quantitative estimate of drug-likeness (QED) is 0.650. The molecule has 1 unspecified atom stereocenters. The number of anilines is 1. The molecule has 0 aliphatic carbocycles. The molecule has 3 heteroatoms. The molecule has 0 saturated carbocycles. The number of nitrogens with one attached hydrogen (secondary N) is 2. The van der Waals surface area contributed by atoms with Crippen LogP contribution in [0.2, 0.25) is 0 Å². The lowest BCUT2D eigenvalue weighted by atomic mass is 9.81. The largest absolute Gasteiger partial charge is 0.384 e. The second-order valence-electron chi connectivity index (χ2n) is 4.22. The Labute approximate surface area is 82.5 Å². The first-order valence-corrected chi connectivity index (χ1v) is 5.05. The van der Waals surface area contributed by atoms with Gasteiger partial charge in [-0.25, -0.2) is 4.39 Å². The number of halogens is 1. The van der Waals surface area contributed by atoms with Crippen LogP contribution < -0.4 is 10.6 Å². The first-order chi connectivity index (χ1) is 6.82. The van der Waals surface area contributed by atoms with E-state index in [9.17, 15) is 4.39 Å². The smallest absolute Gasteiger partial charge is 0.129 e. The maximum Gasteiger partial charge on any atom is 0.129 e. The zero-order valence-electron chi connectivity index (χ0n) is 7.94. The summed E-state index contributed by atoms with van der Waals surface area (Å²) in [6, 6.07) is 5.29. The van der Waals surface area contributed by atoms with Crippen molar-refractivity contribution in [3.8, 4) is 0 Å². The van der Waals surface area contributed by atoms with Crippen molar-refractivity contribution in [2.45, 2.75) is 11.8 Å². The van der Waals surface area contributed by atoms with Crippen molar-refractivity contribution in [1.82, 2.24) is 5.32 Å². The zero-order valence-corrected chi connectivity index (χ0v) is 7.94. The summed E-state index contributed by atoms with van der Waals surface area (Å²) < 4.78 is 13.7. The van der Waals surface area contributed by atoms with Crippen LogP contribution in [-0.4, -0.2) is 19.6 Å². The van der Waals surface area contributed by atoms with Crippen molar-refractivity contribution in [1.29, 1.82) is 0 Å². The number of fused-ring (bicyclic) bond motifs is 2. The van der Waals surface area contributed by atoms with Crippen LogP contribution >= 0.6 is 0 Å². The standard InChI is InChI=1S/C11H13FN2/c12-8-2-1-3-9-10(8)11(7-14-9)4-5-13-6-11/h1-3,13-14H,4-7H2. The monoisotopic (exact) mass is 192 g/mol. The SMILES string of the molecule is Fc1cccc2c1C1(CCNC1)CN2. The highest BCUT2D eigenvalue weighted by Gasteiger charge is 2.43. The molecule has 1 fully saturated rings. The first-order valence-electron chi connectivity index (χ1n) is 5.05. The van der Waals surface area contributed by atoms with Crippen molar-refractivity contribution in [3.05, 3.63) is 29.6 Å². The fourth-order valence-corrected chi connectivity index (χ4v) is 2.67. The van der Waals surface area contributed by atoms with Gasteiger partial charge in [-0.05, 0) is 25.1 Å². The molecule has 1 atom stereocenters. The number of hydrogen-bond acceptors (Lipinski definition) is 2. The highest BCUT2D eigenvalue weighted by Crippen LogP contribution is 2.42. The molecule has 0 amide bonds. The Bertz CT molecular complexity index is 370. The molecule has 1 aromatic rings. The third-order valence-electron chi connectivity index (χ3n) is 3.40. The van der Waals surface area contributed by atoms with Gasteiger partial charge < -0.3 is 10.6 Å². The maximum absolute atomic E-state index is 13.7. The summed E-state index contributed by atoms with van der Waals surface area (Å²) in [6.45, 7) is 2.76. The molecular formula is C11H13FN2. The predicted octanol–water partition coefficient (Wildman–Crippen LogP) is 1.48. The zero-order chi connectivity index (χ0) is 9.60. The number of rotatable bonds is 0. The molecule has 2 aliphatic heterocycles. The normalized spacial score (nSPS) is 29.2. The lowest BCUT2D eigenvalue weighted by Crippen LogP contribution is -2.31. The molecule has 0 bridgehead atoms. The van der Waals surface area contributed by atoms with E-state index in [-0.39, 0.29) is 11.2 Å². The summed E-state index contributed by atoms with van der Waals surface area (Å²) in [5.41, 5.74) is 1.89. The Hall–Kier alpha value is -1.09. The van der Waals surface area contributed by atoms with Gasteiger partial charge in [0.2, 0.25) is 0 Å². The Morgan fingerprint density at radius 2 is 2.21 bits per heavy atom. The highest BCUT2D eigenvalue weighted by atomic mass is 19.1. The summed E-state index contributed by atoms with van der Waals surface area (Å²) in [5, 5.41) is 6.61. The van der Waals surface area contributed by atoms with E-state index in [2.05, 4.69) is 10.6 Å². The van der Waals surface area contributed by atoms with Gasteiger partial charge in [-0.2, -0.15) is 0 Å². The van der Waals surface area contributed by atoms with E-state index in [0.29, 0.717) is 0 Å². The van der Waals surface area contributed by atoms with Gasteiger partial charge in [0.25, 0.3) is 0 Å². The van der Waals surface area contributed by atoms with E-state index in [1.807, 2.05) is 6.07 Å². The topological polar surface area (TPSA) is 24.1 Å². The molecule has 1 saturated heterocycles. The van der Waals surface area contributed by atoms with Gasteiger partial charge in [-0.1, -0.05) is 6.07 Å². The fourth-order valence-electron chi connectivity index (χ4n) is 2.67. The Kier molecular flexibility index (Phi) is 1.59. The van der Waals surface area contributed by atoms with E-state index >= 15 is 0 Å². The average molecular weight is 192 g/mol. The third kappa shape index (κ3) is 0.932. The molecule has 74 valence electrons. The van der Waals surface area contributed by atoms with Crippen LogP contribution in [-0.2, 0) is 5.41 Å². The van der Waals surface area contributed by atoms with Crippen LogP contribution in [0.25, 0.3) is 0 Å². The molecule has 14 heavy (non-hydrogen) atoms. The van der Waals surface area contributed by atoms with Crippen LogP contribution in [0.4, 0.5) is 10.1 Å². The summed E-state index contributed by atoms with van der Waals surface area (Å²) in [4.78, 5) is 0. The maximum atomic E-state index is 13.7. The van der Waals surface area contributed by atoms with Crippen molar-refractivity contribution in [3.63, 3.8) is 0 Å². The van der Waals surface area contributed by atoms with E-state index in [4.69, 9.17) is 0 Å². The molecule has 0 aromatic heterocycles. The van der Waals surface area contributed by atoms with Gasteiger partial charge in [0.15, 0.2) is 0 Å². The minimum absolute atomic E-state index is 0.0146. The van der Waals surface area contributed by atoms with E-state index in [1.54, 1.807) is 12.1 Å². The molecule has 1 spiro atoms. The predicted molar refractivity (Wildman–Crippen MR) is 54.1 cm³/mol. The second-order valence-corrected chi connectivity index (χ2v) is 4.22. The molecule has 1 aromatic carbocycles. The van der Waals surface area contributed by atoms with Crippen LogP contribution in [0, 0.1) is 5.82 Å². The van der Waals surface area contributed by atoms with Gasteiger partial charge in [-0.3, -0.25) is 0 Å². The molecule has 2 heterocycles. The second kappa shape index (κ2) is 2.70. The Balaban J connectivity index is 2.16. The molecular weight excluding hydrogens is 179 g/mol. The van der Waals surface area contributed by atoms with Crippen LogP contribution in [0.5, 0.6) is 0 Å². The molecule has 2 nitrogen and oxygen atoms in total. The van der Waals surface area contributed by atoms with Gasteiger partial charge >= 0.3 is 0 Å². The van der Waals surface area contributed by atoms with E-state index in [1.165, 1.54) is 0 Å². The Morgan fingerprint density at radius 1 is 1.29 bits per heavy atom. The minimum Gasteiger partial charge on any atom is -0.384 e. The van der Waals surface area contributed by atoms with Crippen molar-refractivity contribution in [2.24, 2.45) is 0 Å². The van der Waals surface area contributed by atoms with E-state index in [0.717, 1.165) is 37.3 Å². The van der Waals surface area contributed by atoms with Crippen molar-refractivity contribution in [2.75, 3.05) is 25.0 Å². The molecule has 2 aliphatic rings. The van der Waals surface area contributed by atoms with Gasteiger partial charge in [0.1, 0.15) is 5.82 Å². The molecule has 2 N–H and O–H groups in total. The summed E-state index contributed by atoms with van der Waals surface area (Å²) in [6.07, 6.45) is 1.04. The van der Waals surface area contributed by atoms with Crippen LogP contribution in [0.15, 0.2) is 18.2 Å². The molecule has 0 radical (unpaired) electrons. The van der Waals surface area contributed by atoms with Gasteiger partial charge in [-0.15, -0.1) is 0 Å². The summed E-state index contributed by atoms with van der Waals surface area (Å²) >= 11 is 0. The van der Waals surface area contributed by atoms with E-state index < -0.39 is 0 Å². The number of benzene rings is 1. The van der Waals surface area contributed by atoms with Crippen LogP contribution in [0.1, 0.15) is 12.0 Å².